The monoisotopic (exact) mass is 323 g/mol. The standard InChI is InChI=1S/C17H17N5O2/c1-11-4-3-5-15-19-14(9-22(11)15)17(24)21-7-6-12-13(8-21)18-10-20(2)16(12)23/h3-5,9-10H,6-8H2,1-2H3. The van der Waals surface area contributed by atoms with Crippen LogP contribution in [0.3, 0.4) is 0 Å². The van der Waals surface area contributed by atoms with Gasteiger partial charge in [-0.15, -0.1) is 0 Å². The van der Waals surface area contributed by atoms with Crippen molar-refractivity contribution in [2.45, 2.75) is 19.9 Å². The maximum atomic E-state index is 12.8. The lowest BCUT2D eigenvalue weighted by Crippen LogP contribution is -2.40. The second-order valence-corrected chi connectivity index (χ2v) is 6.08. The Hall–Kier alpha value is -2.96. The molecule has 0 aromatic carbocycles. The molecule has 7 nitrogen and oxygen atoms in total. The van der Waals surface area contributed by atoms with E-state index in [2.05, 4.69) is 9.97 Å². The van der Waals surface area contributed by atoms with Crippen LogP contribution in [0.25, 0.3) is 5.65 Å². The van der Waals surface area contributed by atoms with E-state index in [-0.39, 0.29) is 11.5 Å². The highest BCUT2D eigenvalue weighted by Crippen LogP contribution is 2.17. The summed E-state index contributed by atoms with van der Waals surface area (Å²) in [5, 5.41) is 0. The highest BCUT2D eigenvalue weighted by atomic mass is 16.2. The summed E-state index contributed by atoms with van der Waals surface area (Å²) in [5.41, 5.74) is 3.54. The lowest BCUT2D eigenvalue weighted by molar-refractivity contribution is 0.0726. The van der Waals surface area contributed by atoms with E-state index in [1.807, 2.05) is 29.5 Å². The Labute approximate surface area is 138 Å². The summed E-state index contributed by atoms with van der Waals surface area (Å²) in [7, 11) is 1.69. The molecular weight excluding hydrogens is 306 g/mol. The van der Waals surface area contributed by atoms with E-state index in [0.29, 0.717) is 36.5 Å². The highest BCUT2D eigenvalue weighted by molar-refractivity contribution is 5.93. The summed E-state index contributed by atoms with van der Waals surface area (Å²) in [4.78, 5) is 35.3. The van der Waals surface area contributed by atoms with E-state index in [0.717, 1.165) is 11.3 Å². The van der Waals surface area contributed by atoms with Crippen molar-refractivity contribution in [2.75, 3.05) is 6.54 Å². The second-order valence-electron chi connectivity index (χ2n) is 6.08. The van der Waals surface area contributed by atoms with Crippen molar-refractivity contribution in [3.8, 4) is 0 Å². The zero-order valence-corrected chi connectivity index (χ0v) is 13.6. The van der Waals surface area contributed by atoms with Crippen LogP contribution in [0.4, 0.5) is 0 Å². The number of carbonyl (C=O) groups excluding carboxylic acids is 1. The van der Waals surface area contributed by atoms with Gasteiger partial charge in [-0.25, -0.2) is 9.97 Å². The number of nitrogens with zero attached hydrogens (tertiary/aromatic N) is 5. The molecule has 3 aromatic heterocycles. The molecule has 0 fully saturated rings. The fourth-order valence-corrected chi connectivity index (χ4v) is 3.10. The molecule has 0 N–H and O–H groups in total. The van der Waals surface area contributed by atoms with Crippen LogP contribution < -0.4 is 5.56 Å². The molecule has 0 radical (unpaired) electrons. The third kappa shape index (κ3) is 2.20. The molecule has 0 unspecified atom stereocenters. The number of amides is 1. The van der Waals surface area contributed by atoms with Gasteiger partial charge in [0.15, 0.2) is 0 Å². The summed E-state index contributed by atoms with van der Waals surface area (Å²) in [6.07, 6.45) is 3.79. The highest BCUT2D eigenvalue weighted by Gasteiger charge is 2.26. The number of hydrogen-bond donors (Lipinski definition) is 0. The molecule has 3 aromatic rings. The first-order chi connectivity index (χ1) is 11.5. The zero-order chi connectivity index (χ0) is 16.8. The maximum Gasteiger partial charge on any atom is 0.274 e. The van der Waals surface area contributed by atoms with Gasteiger partial charge >= 0.3 is 0 Å². The summed E-state index contributed by atoms with van der Waals surface area (Å²) >= 11 is 0. The Kier molecular flexibility index (Phi) is 3.23. The fourth-order valence-electron chi connectivity index (χ4n) is 3.10. The van der Waals surface area contributed by atoms with Crippen molar-refractivity contribution in [3.63, 3.8) is 0 Å². The minimum Gasteiger partial charge on any atom is -0.331 e. The minimum absolute atomic E-state index is 0.0320. The van der Waals surface area contributed by atoms with Crippen molar-refractivity contribution in [1.82, 2.24) is 23.8 Å². The van der Waals surface area contributed by atoms with Crippen molar-refractivity contribution < 1.29 is 4.79 Å². The van der Waals surface area contributed by atoms with E-state index < -0.39 is 0 Å². The van der Waals surface area contributed by atoms with Crippen LogP contribution >= 0.6 is 0 Å². The molecule has 0 saturated carbocycles. The zero-order valence-electron chi connectivity index (χ0n) is 13.6. The number of aromatic nitrogens is 4. The molecule has 0 atom stereocenters. The first-order valence-electron chi connectivity index (χ1n) is 7.82. The molecule has 1 aliphatic heterocycles. The molecule has 0 saturated heterocycles. The van der Waals surface area contributed by atoms with Crippen molar-refractivity contribution in [1.29, 1.82) is 0 Å². The third-order valence-corrected chi connectivity index (χ3v) is 4.49. The summed E-state index contributed by atoms with van der Waals surface area (Å²) < 4.78 is 3.38. The minimum atomic E-state index is -0.133. The van der Waals surface area contributed by atoms with Gasteiger partial charge in [-0.2, -0.15) is 0 Å². The van der Waals surface area contributed by atoms with Gasteiger partial charge in [-0.1, -0.05) is 6.07 Å². The van der Waals surface area contributed by atoms with Crippen LogP contribution in [0.5, 0.6) is 0 Å². The fraction of sp³-hybridized carbons (Fsp3) is 0.294. The first kappa shape index (κ1) is 14.6. The van der Waals surface area contributed by atoms with Crippen LogP contribution in [0.2, 0.25) is 0 Å². The molecule has 0 spiro atoms. The van der Waals surface area contributed by atoms with Gasteiger partial charge in [0, 0.05) is 31.0 Å². The average Bonchev–Trinajstić information content (AvgIpc) is 3.03. The molecule has 0 bridgehead atoms. The van der Waals surface area contributed by atoms with E-state index in [4.69, 9.17) is 0 Å². The number of aryl methyl sites for hydroxylation is 2. The maximum absolute atomic E-state index is 12.8. The van der Waals surface area contributed by atoms with E-state index in [9.17, 15) is 9.59 Å². The van der Waals surface area contributed by atoms with Crippen LogP contribution in [-0.4, -0.2) is 36.3 Å². The van der Waals surface area contributed by atoms with Crippen molar-refractivity contribution >= 4 is 11.6 Å². The lowest BCUT2D eigenvalue weighted by atomic mass is 10.1. The van der Waals surface area contributed by atoms with Gasteiger partial charge in [0.25, 0.3) is 11.5 Å². The summed E-state index contributed by atoms with van der Waals surface area (Å²) in [6, 6.07) is 5.77. The van der Waals surface area contributed by atoms with E-state index >= 15 is 0 Å². The average molecular weight is 323 g/mol. The molecular formula is C17H17N5O2. The van der Waals surface area contributed by atoms with Gasteiger partial charge in [-0.05, 0) is 25.5 Å². The van der Waals surface area contributed by atoms with E-state index in [1.165, 1.54) is 10.9 Å². The molecule has 4 rings (SSSR count). The molecule has 7 heteroatoms. The number of imidazole rings is 1. The third-order valence-electron chi connectivity index (χ3n) is 4.49. The number of pyridine rings is 1. The van der Waals surface area contributed by atoms with Crippen LogP contribution in [0.15, 0.2) is 35.5 Å². The van der Waals surface area contributed by atoms with Crippen LogP contribution in [0, 0.1) is 6.92 Å². The Morgan fingerprint density at radius 1 is 1.29 bits per heavy atom. The SMILES string of the molecule is Cc1cccc2nc(C(=O)N3CCc4c(ncn(C)c4=O)C3)cn12. The Balaban J connectivity index is 1.66. The Bertz CT molecular complexity index is 1020. The largest absolute Gasteiger partial charge is 0.331 e. The van der Waals surface area contributed by atoms with Crippen molar-refractivity contribution in [3.05, 3.63) is 63.7 Å². The molecule has 24 heavy (non-hydrogen) atoms. The van der Waals surface area contributed by atoms with Gasteiger partial charge in [-0.3, -0.25) is 9.59 Å². The van der Waals surface area contributed by atoms with Gasteiger partial charge < -0.3 is 13.9 Å². The number of fused-ring (bicyclic) bond motifs is 2. The molecule has 122 valence electrons. The normalized spacial score (nSPS) is 14.0. The quantitative estimate of drug-likeness (QED) is 0.668. The number of rotatable bonds is 1. The Morgan fingerprint density at radius 2 is 2.12 bits per heavy atom. The van der Waals surface area contributed by atoms with Crippen LogP contribution in [-0.2, 0) is 20.0 Å². The van der Waals surface area contributed by atoms with E-state index in [1.54, 1.807) is 18.1 Å². The summed E-state index contributed by atoms with van der Waals surface area (Å²) in [5.74, 6) is -0.133. The van der Waals surface area contributed by atoms with Crippen LogP contribution in [0.1, 0.15) is 27.4 Å². The predicted molar refractivity (Wildman–Crippen MR) is 87.9 cm³/mol. The second kappa shape index (κ2) is 5.30. The lowest BCUT2D eigenvalue weighted by Gasteiger charge is -2.27. The molecule has 1 amide bonds. The summed E-state index contributed by atoms with van der Waals surface area (Å²) in [6.45, 7) is 2.82. The first-order valence-corrected chi connectivity index (χ1v) is 7.82. The predicted octanol–water partition coefficient (Wildman–Crippen LogP) is 0.935. The Morgan fingerprint density at radius 3 is 2.92 bits per heavy atom. The van der Waals surface area contributed by atoms with Crippen molar-refractivity contribution in [2.24, 2.45) is 7.05 Å². The van der Waals surface area contributed by atoms with Gasteiger partial charge in [0.1, 0.15) is 11.3 Å². The smallest absolute Gasteiger partial charge is 0.274 e. The number of hydrogen-bond acceptors (Lipinski definition) is 4. The molecule has 4 heterocycles. The molecule has 1 aliphatic rings. The van der Waals surface area contributed by atoms with Gasteiger partial charge in [0.2, 0.25) is 0 Å². The topological polar surface area (TPSA) is 72.5 Å². The number of carbonyl (C=O) groups is 1. The molecule has 0 aliphatic carbocycles. The van der Waals surface area contributed by atoms with Gasteiger partial charge in [0.05, 0.1) is 18.6 Å².